The van der Waals surface area contributed by atoms with Gasteiger partial charge in [-0.2, -0.15) is 0 Å². The van der Waals surface area contributed by atoms with Gasteiger partial charge in [-0.05, 0) is 36.5 Å². The summed E-state index contributed by atoms with van der Waals surface area (Å²) in [5.41, 5.74) is 7.36. The van der Waals surface area contributed by atoms with E-state index in [9.17, 15) is 0 Å². The van der Waals surface area contributed by atoms with Crippen molar-refractivity contribution in [2.24, 2.45) is 11.7 Å². The quantitative estimate of drug-likeness (QED) is 0.791. The molecule has 0 aliphatic heterocycles. The van der Waals surface area contributed by atoms with Crippen LogP contribution in [0.25, 0.3) is 0 Å². The van der Waals surface area contributed by atoms with Crippen LogP contribution in [0, 0.1) is 5.92 Å². The number of methoxy groups -OCH3 is 2. The molecule has 1 rings (SSSR count). The number of hydrogen-bond donors (Lipinski definition) is 1. The van der Waals surface area contributed by atoms with E-state index in [0.717, 1.165) is 25.2 Å². The summed E-state index contributed by atoms with van der Waals surface area (Å²) in [6.07, 6.45) is 1.86. The lowest BCUT2D eigenvalue weighted by Crippen LogP contribution is -2.26. The van der Waals surface area contributed by atoms with Gasteiger partial charge in [-0.25, -0.2) is 0 Å². The van der Waals surface area contributed by atoms with Crippen molar-refractivity contribution in [1.29, 1.82) is 0 Å². The summed E-state index contributed by atoms with van der Waals surface area (Å²) in [7, 11) is 3.41. The number of benzene rings is 1. The van der Waals surface area contributed by atoms with Crippen LogP contribution in [0.2, 0.25) is 0 Å². The maximum atomic E-state index is 6.13. The molecule has 1 aromatic carbocycles. The maximum absolute atomic E-state index is 6.13. The summed E-state index contributed by atoms with van der Waals surface area (Å²) in [5.74, 6) is 1.39. The Hall–Kier alpha value is -1.06. The van der Waals surface area contributed by atoms with Gasteiger partial charge < -0.3 is 15.2 Å². The summed E-state index contributed by atoms with van der Waals surface area (Å²) in [6.45, 7) is 2.93. The molecular weight excluding hydrogens is 214 g/mol. The fourth-order valence-corrected chi connectivity index (χ4v) is 2.05. The lowest BCUT2D eigenvalue weighted by atomic mass is 9.97. The molecule has 0 amide bonds. The molecular formula is C14H23NO2. The molecule has 0 radical (unpaired) electrons. The molecule has 3 heteroatoms. The van der Waals surface area contributed by atoms with E-state index < -0.39 is 0 Å². The summed E-state index contributed by atoms with van der Waals surface area (Å²) in [6, 6.07) is 8.25. The van der Waals surface area contributed by atoms with Gasteiger partial charge in [-0.1, -0.05) is 19.1 Å². The number of rotatable bonds is 7. The van der Waals surface area contributed by atoms with Crippen LogP contribution in [0.4, 0.5) is 0 Å². The Morgan fingerprint density at radius 2 is 2.06 bits per heavy atom. The zero-order chi connectivity index (χ0) is 12.7. The van der Waals surface area contributed by atoms with E-state index in [4.69, 9.17) is 15.2 Å². The van der Waals surface area contributed by atoms with Crippen molar-refractivity contribution < 1.29 is 9.47 Å². The average Bonchev–Trinajstić information content (AvgIpc) is 2.29. The van der Waals surface area contributed by atoms with Gasteiger partial charge in [0, 0.05) is 19.8 Å². The molecule has 2 atom stereocenters. The van der Waals surface area contributed by atoms with E-state index >= 15 is 0 Å². The number of ether oxygens (including phenoxy) is 2. The molecule has 0 aromatic heterocycles. The highest BCUT2D eigenvalue weighted by Gasteiger charge is 2.10. The minimum absolute atomic E-state index is 0.173. The molecule has 0 aliphatic carbocycles. The van der Waals surface area contributed by atoms with Crippen molar-refractivity contribution in [3.05, 3.63) is 29.8 Å². The van der Waals surface area contributed by atoms with Crippen LogP contribution < -0.4 is 10.5 Å². The van der Waals surface area contributed by atoms with E-state index in [1.54, 1.807) is 14.2 Å². The van der Waals surface area contributed by atoms with Crippen LogP contribution in [-0.4, -0.2) is 26.9 Å². The predicted molar refractivity (Wildman–Crippen MR) is 70.3 cm³/mol. The third-order valence-electron chi connectivity index (χ3n) is 2.79. The summed E-state index contributed by atoms with van der Waals surface area (Å²) < 4.78 is 10.3. The zero-order valence-corrected chi connectivity index (χ0v) is 11.0. The Labute approximate surface area is 104 Å². The molecule has 96 valence electrons. The van der Waals surface area contributed by atoms with Gasteiger partial charge in [0.1, 0.15) is 5.75 Å². The topological polar surface area (TPSA) is 44.5 Å². The minimum Gasteiger partial charge on any atom is -0.497 e. The lowest BCUT2D eigenvalue weighted by molar-refractivity contribution is 0.152. The van der Waals surface area contributed by atoms with Crippen LogP contribution in [-0.2, 0) is 11.2 Å². The first-order valence-corrected chi connectivity index (χ1v) is 6.03. The highest BCUT2D eigenvalue weighted by Crippen LogP contribution is 2.15. The molecule has 0 fully saturated rings. The van der Waals surface area contributed by atoms with Crippen LogP contribution in [0.15, 0.2) is 24.3 Å². The smallest absolute Gasteiger partial charge is 0.119 e. The second kappa shape index (κ2) is 7.30. The first kappa shape index (κ1) is 14.0. The van der Waals surface area contributed by atoms with Crippen LogP contribution in [0.1, 0.15) is 18.9 Å². The predicted octanol–water partition coefficient (Wildman–Crippen LogP) is 2.24. The van der Waals surface area contributed by atoms with Crippen LogP contribution >= 0.6 is 0 Å². The highest BCUT2D eigenvalue weighted by molar-refractivity contribution is 5.28. The van der Waals surface area contributed by atoms with Crippen molar-refractivity contribution in [2.45, 2.75) is 25.8 Å². The molecule has 17 heavy (non-hydrogen) atoms. The van der Waals surface area contributed by atoms with Gasteiger partial charge in [0.25, 0.3) is 0 Å². The molecule has 1 aromatic rings. The van der Waals surface area contributed by atoms with Gasteiger partial charge in [0.2, 0.25) is 0 Å². The highest BCUT2D eigenvalue weighted by atomic mass is 16.5. The van der Waals surface area contributed by atoms with Crippen molar-refractivity contribution in [3.63, 3.8) is 0 Å². The molecule has 0 aliphatic rings. The summed E-state index contributed by atoms with van der Waals surface area (Å²) in [5, 5.41) is 0. The molecule has 0 spiro atoms. The van der Waals surface area contributed by atoms with Crippen molar-refractivity contribution in [2.75, 3.05) is 20.8 Å². The molecule has 0 saturated carbocycles. The Balaban J connectivity index is 2.46. The summed E-state index contributed by atoms with van der Waals surface area (Å²) >= 11 is 0. The van der Waals surface area contributed by atoms with Gasteiger partial charge in [-0.15, -0.1) is 0 Å². The van der Waals surface area contributed by atoms with Gasteiger partial charge in [0.05, 0.1) is 7.11 Å². The SMILES string of the molecule is COCC(C)CC(N)Cc1cccc(OC)c1. The Morgan fingerprint density at radius 3 is 2.71 bits per heavy atom. The first-order valence-electron chi connectivity index (χ1n) is 6.03. The number of hydrogen-bond acceptors (Lipinski definition) is 3. The standard InChI is InChI=1S/C14H23NO2/c1-11(10-16-2)7-13(15)8-12-5-4-6-14(9-12)17-3/h4-6,9,11,13H,7-8,10,15H2,1-3H3. The van der Waals surface area contributed by atoms with Gasteiger partial charge >= 0.3 is 0 Å². The second-order valence-electron chi connectivity index (χ2n) is 4.61. The Kier molecular flexibility index (Phi) is 6.01. The molecule has 0 heterocycles. The first-order chi connectivity index (χ1) is 8.15. The fraction of sp³-hybridized carbons (Fsp3) is 0.571. The van der Waals surface area contributed by atoms with Crippen molar-refractivity contribution in [3.8, 4) is 5.75 Å². The van der Waals surface area contributed by atoms with E-state index in [1.165, 1.54) is 5.56 Å². The van der Waals surface area contributed by atoms with Gasteiger partial charge in [-0.3, -0.25) is 0 Å². The molecule has 0 bridgehead atoms. The second-order valence-corrected chi connectivity index (χ2v) is 4.61. The monoisotopic (exact) mass is 237 g/mol. The van der Waals surface area contributed by atoms with E-state index in [-0.39, 0.29) is 6.04 Å². The van der Waals surface area contributed by atoms with Gasteiger partial charge in [0.15, 0.2) is 0 Å². The Morgan fingerprint density at radius 1 is 1.29 bits per heavy atom. The minimum atomic E-state index is 0.173. The van der Waals surface area contributed by atoms with Crippen molar-refractivity contribution >= 4 is 0 Å². The molecule has 2 N–H and O–H groups in total. The third kappa shape index (κ3) is 5.20. The van der Waals surface area contributed by atoms with E-state index in [0.29, 0.717) is 5.92 Å². The van der Waals surface area contributed by atoms with E-state index in [2.05, 4.69) is 13.0 Å². The van der Waals surface area contributed by atoms with Crippen LogP contribution in [0.5, 0.6) is 5.75 Å². The summed E-state index contributed by atoms with van der Waals surface area (Å²) in [4.78, 5) is 0. The molecule has 3 nitrogen and oxygen atoms in total. The lowest BCUT2D eigenvalue weighted by Gasteiger charge is -2.16. The average molecular weight is 237 g/mol. The van der Waals surface area contributed by atoms with E-state index in [1.807, 2.05) is 18.2 Å². The third-order valence-corrected chi connectivity index (χ3v) is 2.79. The molecule has 2 unspecified atom stereocenters. The Bertz CT molecular complexity index is 328. The normalized spacial score (nSPS) is 14.4. The maximum Gasteiger partial charge on any atom is 0.119 e. The molecule has 0 saturated heterocycles. The zero-order valence-electron chi connectivity index (χ0n) is 11.0. The fourth-order valence-electron chi connectivity index (χ4n) is 2.05. The largest absolute Gasteiger partial charge is 0.497 e. The number of nitrogens with two attached hydrogens (primary N) is 1. The van der Waals surface area contributed by atoms with Crippen LogP contribution in [0.3, 0.4) is 0 Å². The van der Waals surface area contributed by atoms with Crippen molar-refractivity contribution in [1.82, 2.24) is 0 Å².